The van der Waals surface area contributed by atoms with Crippen molar-refractivity contribution in [1.29, 1.82) is 0 Å². The molecular formula is C18H21FN2O2. The molecule has 0 unspecified atom stereocenters. The fraction of sp³-hybridized carbons (Fsp3) is 0.278. The molecule has 0 aliphatic heterocycles. The lowest BCUT2D eigenvalue weighted by atomic mass is 10.1. The van der Waals surface area contributed by atoms with Gasteiger partial charge in [-0.15, -0.1) is 0 Å². The van der Waals surface area contributed by atoms with Crippen molar-refractivity contribution in [3.63, 3.8) is 0 Å². The number of halogens is 1. The smallest absolute Gasteiger partial charge is 0.244 e. The largest absolute Gasteiger partial charge is 0.392 e. The van der Waals surface area contributed by atoms with E-state index >= 15 is 0 Å². The summed E-state index contributed by atoms with van der Waals surface area (Å²) in [5.41, 5.74) is 2.30. The third kappa shape index (κ3) is 4.79. The maximum absolute atomic E-state index is 13.2. The van der Waals surface area contributed by atoms with Gasteiger partial charge in [-0.2, -0.15) is 0 Å². The summed E-state index contributed by atoms with van der Waals surface area (Å²) in [6.45, 7) is 2.08. The van der Waals surface area contributed by atoms with Crippen LogP contribution in [-0.2, 0) is 17.9 Å². The third-order valence-corrected chi connectivity index (χ3v) is 3.55. The highest BCUT2D eigenvalue weighted by Gasteiger charge is 2.17. The number of nitrogens with one attached hydrogen (secondary N) is 1. The Morgan fingerprint density at radius 2 is 1.91 bits per heavy atom. The van der Waals surface area contributed by atoms with Crippen LogP contribution in [0.3, 0.4) is 0 Å². The summed E-state index contributed by atoms with van der Waals surface area (Å²) in [6.07, 6.45) is 0. The molecule has 0 fully saturated rings. The van der Waals surface area contributed by atoms with Gasteiger partial charge >= 0.3 is 0 Å². The summed E-state index contributed by atoms with van der Waals surface area (Å²) in [4.78, 5) is 14.0. The third-order valence-electron chi connectivity index (χ3n) is 3.55. The van der Waals surface area contributed by atoms with Gasteiger partial charge in [0, 0.05) is 19.3 Å². The predicted octanol–water partition coefficient (Wildman–Crippen LogP) is 2.78. The summed E-state index contributed by atoms with van der Waals surface area (Å²) in [5, 5.41) is 12.3. The van der Waals surface area contributed by atoms with Crippen molar-refractivity contribution in [2.24, 2.45) is 0 Å². The molecule has 0 aliphatic rings. The lowest BCUT2D eigenvalue weighted by Gasteiger charge is -2.23. The van der Waals surface area contributed by atoms with Crippen molar-refractivity contribution in [2.45, 2.75) is 26.1 Å². The van der Waals surface area contributed by atoms with Crippen LogP contribution >= 0.6 is 0 Å². The molecule has 0 spiro atoms. The van der Waals surface area contributed by atoms with E-state index in [0.717, 1.165) is 16.8 Å². The van der Waals surface area contributed by atoms with Crippen molar-refractivity contribution in [1.82, 2.24) is 4.90 Å². The van der Waals surface area contributed by atoms with Gasteiger partial charge in [0.05, 0.1) is 6.61 Å². The van der Waals surface area contributed by atoms with Gasteiger partial charge in [-0.05, 0) is 42.3 Å². The van der Waals surface area contributed by atoms with Crippen molar-refractivity contribution in [2.75, 3.05) is 12.4 Å². The summed E-state index contributed by atoms with van der Waals surface area (Å²) < 4.78 is 13.2. The zero-order chi connectivity index (χ0) is 16.8. The zero-order valence-electron chi connectivity index (χ0n) is 13.3. The van der Waals surface area contributed by atoms with Crippen molar-refractivity contribution in [3.8, 4) is 0 Å². The van der Waals surface area contributed by atoms with Crippen LogP contribution in [0.2, 0.25) is 0 Å². The van der Waals surface area contributed by atoms with Crippen molar-refractivity contribution in [3.05, 3.63) is 65.5 Å². The van der Waals surface area contributed by atoms with Gasteiger partial charge in [-0.1, -0.05) is 24.3 Å². The van der Waals surface area contributed by atoms with Gasteiger partial charge in [0.2, 0.25) is 5.91 Å². The van der Waals surface area contributed by atoms with Gasteiger partial charge in [-0.3, -0.25) is 4.79 Å². The summed E-state index contributed by atoms with van der Waals surface area (Å²) in [7, 11) is 1.69. The topological polar surface area (TPSA) is 52.6 Å². The van der Waals surface area contributed by atoms with E-state index in [0.29, 0.717) is 6.54 Å². The lowest BCUT2D eigenvalue weighted by Crippen LogP contribution is -2.38. The Hall–Kier alpha value is -2.40. The number of carbonyl (C=O) groups excluding carboxylic acids is 1. The first-order chi connectivity index (χ1) is 11.0. The predicted molar refractivity (Wildman–Crippen MR) is 88.3 cm³/mol. The second-order valence-corrected chi connectivity index (χ2v) is 5.55. The molecule has 2 N–H and O–H groups in total. The van der Waals surface area contributed by atoms with Crippen LogP contribution in [0.25, 0.3) is 0 Å². The molecule has 122 valence electrons. The van der Waals surface area contributed by atoms with E-state index in [1.165, 1.54) is 12.1 Å². The molecule has 4 nitrogen and oxygen atoms in total. The van der Waals surface area contributed by atoms with E-state index < -0.39 is 6.04 Å². The number of aliphatic hydroxyl groups excluding tert-OH is 1. The highest BCUT2D eigenvalue weighted by molar-refractivity contribution is 5.84. The SMILES string of the molecule is C[C@H](Nc1cccc(CO)c1)C(=O)N(C)Cc1cccc(F)c1. The number of carbonyl (C=O) groups is 1. The van der Waals surface area contributed by atoms with Crippen molar-refractivity contribution >= 4 is 11.6 Å². The molecule has 1 atom stereocenters. The summed E-state index contributed by atoms with van der Waals surface area (Å²) in [5.74, 6) is -0.404. The molecule has 2 aromatic carbocycles. The first kappa shape index (κ1) is 17.0. The standard InChI is InChI=1S/C18H21FN2O2/c1-13(20-17-8-4-6-15(10-17)12-22)18(23)21(2)11-14-5-3-7-16(19)9-14/h3-10,13,20,22H,11-12H2,1-2H3/t13-/m0/s1. The minimum absolute atomic E-state index is 0.0443. The van der Waals surface area contributed by atoms with E-state index in [1.807, 2.05) is 18.2 Å². The Bertz CT molecular complexity index is 676. The molecule has 1 amide bonds. The molecule has 5 heteroatoms. The Kier molecular flexibility index (Phi) is 5.71. The monoisotopic (exact) mass is 316 g/mol. The Morgan fingerprint density at radius 1 is 1.22 bits per heavy atom. The van der Waals surface area contributed by atoms with Gasteiger partial charge in [0.25, 0.3) is 0 Å². The number of benzene rings is 2. The Morgan fingerprint density at radius 3 is 2.61 bits per heavy atom. The number of hydrogen-bond acceptors (Lipinski definition) is 3. The number of hydrogen-bond donors (Lipinski definition) is 2. The maximum Gasteiger partial charge on any atom is 0.244 e. The quantitative estimate of drug-likeness (QED) is 0.861. The van der Waals surface area contributed by atoms with Crippen LogP contribution in [0.5, 0.6) is 0 Å². The molecule has 0 radical (unpaired) electrons. The number of amides is 1. The number of likely N-dealkylation sites (N-methyl/N-ethyl adjacent to an activating group) is 1. The highest BCUT2D eigenvalue weighted by atomic mass is 19.1. The van der Waals surface area contributed by atoms with E-state index in [9.17, 15) is 9.18 Å². The molecule has 0 aromatic heterocycles. The molecule has 0 heterocycles. The van der Waals surface area contributed by atoms with E-state index in [4.69, 9.17) is 5.11 Å². The zero-order valence-corrected chi connectivity index (χ0v) is 13.3. The number of rotatable bonds is 6. The lowest BCUT2D eigenvalue weighted by molar-refractivity contribution is -0.130. The number of aliphatic hydroxyl groups is 1. The Balaban J connectivity index is 1.98. The molecule has 2 aromatic rings. The molecular weight excluding hydrogens is 295 g/mol. The minimum Gasteiger partial charge on any atom is -0.392 e. The van der Waals surface area contributed by atoms with E-state index in [2.05, 4.69) is 5.32 Å². The van der Waals surface area contributed by atoms with Gasteiger partial charge in [0.1, 0.15) is 11.9 Å². The minimum atomic E-state index is -0.428. The molecule has 0 bridgehead atoms. The molecule has 0 saturated heterocycles. The summed E-state index contributed by atoms with van der Waals surface area (Å²) >= 11 is 0. The first-order valence-electron chi connectivity index (χ1n) is 7.45. The van der Waals surface area contributed by atoms with Crippen LogP contribution in [0.1, 0.15) is 18.1 Å². The summed E-state index contributed by atoms with van der Waals surface area (Å²) in [6, 6.07) is 13.1. The number of anilines is 1. The number of nitrogens with zero attached hydrogens (tertiary/aromatic N) is 1. The molecule has 0 saturated carbocycles. The molecule has 23 heavy (non-hydrogen) atoms. The first-order valence-corrected chi connectivity index (χ1v) is 7.45. The van der Waals surface area contributed by atoms with Gasteiger partial charge in [-0.25, -0.2) is 4.39 Å². The van der Waals surface area contributed by atoms with Gasteiger partial charge in [0.15, 0.2) is 0 Å². The fourth-order valence-electron chi connectivity index (χ4n) is 2.39. The van der Waals surface area contributed by atoms with Crippen LogP contribution < -0.4 is 5.32 Å². The van der Waals surface area contributed by atoms with E-state index in [1.54, 1.807) is 37.1 Å². The molecule has 2 rings (SSSR count). The van der Waals surface area contributed by atoms with Crippen molar-refractivity contribution < 1.29 is 14.3 Å². The second-order valence-electron chi connectivity index (χ2n) is 5.55. The normalized spacial score (nSPS) is 11.8. The highest BCUT2D eigenvalue weighted by Crippen LogP contribution is 2.13. The van der Waals surface area contributed by atoms with Crippen LogP contribution in [0.15, 0.2) is 48.5 Å². The average Bonchev–Trinajstić information content (AvgIpc) is 2.54. The van der Waals surface area contributed by atoms with Crippen LogP contribution in [-0.4, -0.2) is 29.0 Å². The van der Waals surface area contributed by atoms with E-state index in [-0.39, 0.29) is 18.3 Å². The van der Waals surface area contributed by atoms with Crippen LogP contribution in [0, 0.1) is 5.82 Å². The Labute approximate surface area is 135 Å². The van der Waals surface area contributed by atoms with Crippen LogP contribution in [0.4, 0.5) is 10.1 Å². The molecule has 0 aliphatic carbocycles. The second kappa shape index (κ2) is 7.74. The van der Waals surface area contributed by atoms with Gasteiger partial charge < -0.3 is 15.3 Å². The fourth-order valence-corrected chi connectivity index (χ4v) is 2.39. The average molecular weight is 316 g/mol. The maximum atomic E-state index is 13.2.